The van der Waals surface area contributed by atoms with Crippen molar-refractivity contribution in [2.24, 2.45) is 0 Å². The van der Waals surface area contributed by atoms with Gasteiger partial charge >= 0.3 is 0 Å². The minimum absolute atomic E-state index is 0.0475. The molecule has 0 aliphatic carbocycles. The van der Waals surface area contributed by atoms with Crippen molar-refractivity contribution in [3.8, 4) is 0 Å². The highest BCUT2D eigenvalue weighted by Crippen LogP contribution is 2.32. The van der Waals surface area contributed by atoms with E-state index in [1.807, 2.05) is 0 Å². The van der Waals surface area contributed by atoms with Gasteiger partial charge in [0.1, 0.15) is 11.2 Å². The van der Waals surface area contributed by atoms with Crippen LogP contribution >= 0.6 is 31.9 Å². The predicted octanol–water partition coefficient (Wildman–Crippen LogP) is 2.58. The molecule has 0 radical (unpaired) electrons. The van der Waals surface area contributed by atoms with Crippen molar-refractivity contribution < 1.29 is 12.9 Å². The van der Waals surface area contributed by atoms with Crippen LogP contribution in [0.5, 0.6) is 0 Å². The second-order valence-corrected chi connectivity index (χ2v) is 6.69. The van der Waals surface area contributed by atoms with E-state index in [2.05, 4.69) is 46.3 Å². The fourth-order valence-corrected chi connectivity index (χ4v) is 4.38. The van der Waals surface area contributed by atoms with Crippen LogP contribution in [-0.4, -0.2) is 13.6 Å². The van der Waals surface area contributed by atoms with E-state index in [4.69, 9.17) is 5.73 Å². The second-order valence-electron chi connectivity index (χ2n) is 3.30. The molecule has 0 aliphatic heterocycles. The molecule has 18 heavy (non-hydrogen) atoms. The first-order valence-corrected chi connectivity index (χ1v) is 7.65. The predicted molar refractivity (Wildman–Crippen MR) is 73.6 cm³/mol. The van der Waals surface area contributed by atoms with Crippen LogP contribution in [-0.2, 0) is 10.0 Å². The third-order valence-corrected chi connectivity index (χ3v) is 4.80. The number of sulfonamides is 1. The Balaban J connectivity index is 2.48. The molecule has 0 saturated carbocycles. The second kappa shape index (κ2) is 4.90. The van der Waals surface area contributed by atoms with Gasteiger partial charge in [-0.1, -0.05) is 21.1 Å². The number of nitrogens with two attached hydrogens (primary N) is 1. The van der Waals surface area contributed by atoms with Crippen molar-refractivity contribution in [2.75, 3.05) is 10.5 Å². The highest BCUT2D eigenvalue weighted by Gasteiger charge is 2.22. The largest absolute Gasteiger partial charge is 0.398 e. The number of nitrogens with one attached hydrogen (secondary N) is 1. The Labute approximate surface area is 120 Å². The molecule has 0 aliphatic rings. The number of anilines is 2. The van der Waals surface area contributed by atoms with Gasteiger partial charge in [0, 0.05) is 15.0 Å². The van der Waals surface area contributed by atoms with Crippen molar-refractivity contribution in [3.63, 3.8) is 0 Å². The molecule has 0 bridgehead atoms. The number of hydrogen-bond donors (Lipinski definition) is 2. The Kier molecular flexibility index (Phi) is 3.64. The van der Waals surface area contributed by atoms with Crippen LogP contribution < -0.4 is 10.5 Å². The summed E-state index contributed by atoms with van der Waals surface area (Å²) in [6.45, 7) is 0. The molecule has 0 unspecified atom stereocenters. The smallest absolute Gasteiger partial charge is 0.266 e. The highest BCUT2D eigenvalue weighted by atomic mass is 79.9. The van der Waals surface area contributed by atoms with E-state index in [9.17, 15) is 8.42 Å². The summed E-state index contributed by atoms with van der Waals surface area (Å²) < 4.78 is 32.1. The van der Waals surface area contributed by atoms with Gasteiger partial charge in [0.05, 0.1) is 5.69 Å². The molecule has 96 valence electrons. The molecule has 6 nitrogen and oxygen atoms in total. The lowest BCUT2D eigenvalue weighted by atomic mass is 10.3. The summed E-state index contributed by atoms with van der Waals surface area (Å²) in [4.78, 5) is -0.0475. The van der Waals surface area contributed by atoms with Gasteiger partial charge in [0.2, 0.25) is 0 Å². The first-order chi connectivity index (χ1) is 8.40. The summed E-state index contributed by atoms with van der Waals surface area (Å²) >= 11 is 6.39. The maximum Gasteiger partial charge on any atom is 0.266 e. The Bertz CT molecular complexity index is 647. The first-order valence-electron chi connectivity index (χ1n) is 4.58. The van der Waals surface area contributed by atoms with Crippen molar-refractivity contribution >= 4 is 53.4 Å². The molecule has 0 fully saturated rings. The van der Waals surface area contributed by atoms with Gasteiger partial charge in [0.25, 0.3) is 10.0 Å². The summed E-state index contributed by atoms with van der Waals surface area (Å²) in [7, 11) is -3.83. The molecular weight excluding hydrogens is 390 g/mol. The Morgan fingerprint density at radius 2 is 2.06 bits per heavy atom. The molecular formula is C9H7Br2N3O3S. The Morgan fingerprint density at radius 3 is 2.61 bits per heavy atom. The van der Waals surface area contributed by atoms with Gasteiger partial charge in [-0.2, -0.15) is 0 Å². The number of nitrogens with zero attached hydrogens (tertiary/aromatic N) is 1. The van der Waals surface area contributed by atoms with Crippen LogP contribution in [0, 0.1) is 0 Å². The SMILES string of the molecule is Nc1cc(Br)cc(Br)c1S(=O)(=O)Nc1ccon1. The van der Waals surface area contributed by atoms with Gasteiger partial charge in [-0.25, -0.2) is 8.42 Å². The van der Waals surface area contributed by atoms with Crippen molar-refractivity contribution in [1.82, 2.24) is 5.16 Å². The number of halogens is 2. The molecule has 0 saturated heterocycles. The van der Waals surface area contributed by atoms with Gasteiger partial charge < -0.3 is 10.3 Å². The van der Waals surface area contributed by atoms with Crippen LogP contribution in [0.15, 0.2) is 42.8 Å². The summed E-state index contributed by atoms with van der Waals surface area (Å²) in [5, 5.41) is 3.47. The molecule has 2 aromatic rings. The standard InChI is InChI=1S/C9H7Br2N3O3S/c10-5-3-6(11)9(7(12)4-5)18(15,16)14-8-1-2-17-13-8/h1-4H,12H2,(H,13,14). The van der Waals surface area contributed by atoms with E-state index < -0.39 is 10.0 Å². The summed E-state index contributed by atoms with van der Waals surface area (Å²) in [5.74, 6) is 0.0872. The molecule has 9 heteroatoms. The monoisotopic (exact) mass is 395 g/mol. The number of aromatic nitrogens is 1. The Hall–Kier alpha value is -1.06. The molecule has 1 heterocycles. The van der Waals surface area contributed by atoms with E-state index in [-0.39, 0.29) is 16.4 Å². The van der Waals surface area contributed by atoms with Crippen LogP contribution in [0.1, 0.15) is 0 Å². The number of hydrogen-bond acceptors (Lipinski definition) is 5. The molecule has 0 amide bonds. The lowest BCUT2D eigenvalue weighted by molar-refractivity contribution is 0.423. The molecule has 1 aromatic heterocycles. The van der Waals surface area contributed by atoms with Gasteiger partial charge in [-0.15, -0.1) is 0 Å². The molecule has 2 rings (SSSR count). The summed E-state index contributed by atoms with van der Waals surface area (Å²) in [6, 6.07) is 4.48. The fraction of sp³-hybridized carbons (Fsp3) is 0. The third kappa shape index (κ3) is 2.68. The number of rotatable bonds is 3. The maximum atomic E-state index is 12.1. The van der Waals surface area contributed by atoms with Crippen molar-refractivity contribution in [1.29, 1.82) is 0 Å². The van der Waals surface area contributed by atoms with Crippen LogP contribution in [0.2, 0.25) is 0 Å². The van der Waals surface area contributed by atoms with E-state index in [0.717, 1.165) is 0 Å². The Morgan fingerprint density at radius 1 is 1.33 bits per heavy atom. The van der Waals surface area contributed by atoms with E-state index >= 15 is 0 Å². The lowest BCUT2D eigenvalue weighted by Crippen LogP contribution is -2.15. The van der Waals surface area contributed by atoms with Crippen LogP contribution in [0.4, 0.5) is 11.5 Å². The van der Waals surface area contributed by atoms with Crippen LogP contribution in [0.3, 0.4) is 0 Å². The number of nitrogen functional groups attached to an aromatic ring is 1. The molecule has 3 N–H and O–H groups in total. The average Bonchev–Trinajstić information content (AvgIpc) is 2.66. The average molecular weight is 397 g/mol. The minimum atomic E-state index is -3.83. The zero-order chi connectivity index (χ0) is 13.3. The zero-order valence-corrected chi connectivity index (χ0v) is 12.7. The van der Waals surface area contributed by atoms with Crippen LogP contribution in [0.25, 0.3) is 0 Å². The van der Waals surface area contributed by atoms with E-state index in [0.29, 0.717) is 8.95 Å². The minimum Gasteiger partial charge on any atom is -0.398 e. The first kappa shape index (κ1) is 13.4. The lowest BCUT2D eigenvalue weighted by Gasteiger charge is -2.10. The van der Waals surface area contributed by atoms with E-state index in [1.165, 1.54) is 18.4 Å². The molecule has 0 atom stereocenters. The molecule has 1 aromatic carbocycles. The molecule has 0 spiro atoms. The van der Waals surface area contributed by atoms with E-state index in [1.54, 1.807) is 6.07 Å². The zero-order valence-electron chi connectivity index (χ0n) is 8.72. The van der Waals surface area contributed by atoms with Crippen molar-refractivity contribution in [3.05, 3.63) is 33.4 Å². The summed E-state index contributed by atoms with van der Waals surface area (Å²) in [5.41, 5.74) is 5.83. The van der Waals surface area contributed by atoms with Crippen molar-refractivity contribution in [2.45, 2.75) is 4.90 Å². The van der Waals surface area contributed by atoms with Gasteiger partial charge in [-0.05, 0) is 28.1 Å². The number of benzene rings is 1. The summed E-state index contributed by atoms with van der Waals surface area (Å²) in [6.07, 6.45) is 1.26. The van der Waals surface area contributed by atoms with Gasteiger partial charge in [-0.3, -0.25) is 4.72 Å². The fourth-order valence-electron chi connectivity index (χ4n) is 1.32. The third-order valence-electron chi connectivity index (χ3n) is 1.98. The quantitative estimate of drug-likeness (QED) is 0.777. The topological polar surface area (TPSA) is 98.2 Å². The van der Waals surface area contributed by atoms with Gasteiger partial charge in [0.15, 0.2) is 5.82 Å². The maximum absolute atomic E-state index is 12.1. The highest BCUT2D eigenvalue weighted by molar-refractivity contribution is 9.11. The normalized spacial score (nSPS) is 11.4.